The van der Waals surface area contributed by atoms with Gasteiger partial charge in [0.2, 0.25) is 0 Å². The van der Waals surface area contributed by atoms with Crippen molar-refractivity contribution < 1.29 is 14.6 Å². The molecule has 21 heavy (non-hydrogen) atoms. The van der Waals surface area contributed by atoms with Gasteiger partial charge in [-0.05, 0) is 19.4 Å². The molecule has 1 fully saturated rings. The van der Waals surface area contributed by atoms with Crippen LogP contribution in [0.3, 0.4) is 0 Å². The van der Waals surface area contributed by atoms with Crippen LogP contribution in [0.4, 0.5) is 0 Å². The van der Waals surface area contributed by atoms with E-state index in [1.807, 2.05) is 6.92 Å². The Labute approximate surface area is 121 Å². The Kier molecular flexibility index (Phi) is 4.62. The van der Waals surface area contributed by atoms with Crippen molar-refractivity contribution in [3.8, 4) is 0 Å². The molecule has 2 rings (SSSR count). The summed E-state index contributed by atoms with van der Waals surface area (Å²) in [5, 5.41) is 10.5. The van der Waals surface area contributed by atoms with E-state index in [1.165, 1.54) is 23.9 Å². The molecule has 4 N–H and O–H groups in total. The molecule has 1 unspecified atom stereocenters. The third-order valence-corrected chi connectivity index (χ3v) is 4.05. The first-order valence-electron chi connectivity index (χ1n) is 6.89. The number of rotatable bonds is 5. The first-order chi connectivity index (χ1) is 9.99. The number of nitrogens with two attached hydrogens (primary N) is 1. The first kappa shape index (κ1) is 15.9. The van der Waals surface area contributed by atoms with E-state index in [-0.39, 0.29) is 0 Å². The van der Waals surface area contributed by atoms with Crippen molar-refractivity contribution in [2.24, 2.45) is 5.73 Å². The first-order valence-corrected chi connectivity index (χ1v) is 6.89. The molecule has 1 aliphatic rings. The minimum absolute atomic E-state index is 0.342. The predicted molar refractivity (Wildman–Crippen MR) is 74.9 cm³/mol. The van der Waals surface area contributed by atoms with Gasteiger partial charge in [-0.3, -0.25) is 14.3 Å². The molecule has 8 heteroatoms. The summed E-state index contributed by atoms with van der Waals surface area (Å²) < 4.78 is 12.5. The van der Waals surface area contributed by atoms with Gasteiger partial charge in [0.1, 0.15) is 17.8 Å². The number of H-pyrrole nitrogens is 1. The standard InChI is InChI=1S/C13H21N3O5/c1-3-13(5-6-14)10(18)9(20-2)11(21-13)16-7-4-8(17)15-12(16)19/h4,7,9-11,18H,3,5-6,14H2,1-2H3,(H,15,17,19)/t9-,10?,11+,13-/m0/s1. The predicted octanol–water partition coefficient (Wildman–Crippen LogP) is -1.06. The number of hydrogen-bond acceptors (Lipinski definition) is 6. The smallest absolute Gasteiger partial charge is 0.330 e. The molecule has 0 saturated carbocycles. The van der Waals surface area contributed by atoms with E-state index in [0.717, 1.165) is 0 Å². The number of aromatic nitrogens is 2. The molecule has 0 bridgehead atoms. The number of hydrogen-bond donors (Lipinski definition) is 3. The van der Waals surface area contributed by atoms with Gasteiger partial charge >= 0.3 is 5.69 Å². The van der Waals surface area contributed by atoms with E-state index in [2.05, 4.69) is 4.98 Å². The molecular formula is C13H21N3O5. The average Bonchev–Trinajstić information content (AvgIpc) is 2.72. The Morgan fingerprint density at radius 3 is 2.81 bits per heavy atom. The summed E-state index contributed by atoms with van der Waals surface area (Å²) in [5.74, 6) is 0. The highest BCUT2D eigenvalue weighted by Gasteiger charge is 2.54. The van der Waals surface area contributed by atoms with Crippen molar-refractivity contribution in [1.82, 2.24) is 9.55 Å². The van der Waals surface area contributed by atoms with Crippen LogP contribution in [-0.4, -0.2) is 46.1 Å². The van der Waals surface area contributed by atoms with Crippen LogP contribution < -0.4 is 17.0 Å². The van der Waals surface area contributed by atoms with Gasteiger partial charge in [-0.1, -0.05) is 6.92 Å². The van der Waals surface area contributed by atoms with Gasteiger partial charge in [0.25, 0.3) is 5.56 Å². The Bertz CT molecular complexity index is 598. The number of nitrogens with zero attached hydrogens (tertiary/aromatic N) is 1. The lowest BCUT2D eigenvalue weighted by molar-refractivity contribution is -0.111. The molecule has 8 nitrogen and oxygen atoms in total. The fraction of sp³-hybridized carbons (Fsp3) is 0.692. The second kappa shape index (κ2) is 6.10. The second-order valence-electron chi connectivity index (χ2n) is 5.13. The molecule has 0 spiro atoms. The van der Waals surface area contributed by atoms with Gasteiger partial charge in [-0.2, -0.15) is 0 Å². The third-order valence-electron chi connectivity index (χ3n) is 4.05. The van der Waals surface area contributed by atoms with E-state index in [1.54, 1.807) is 0 Å². The number of aliphatic hydroxyl groups excluding tert-OH is 1. The molecule has 0 aliphatic carbocycles. The molecule has 4 atom stereocenters. The topological polar surface area (TPSA) is 120 Å². The Morgan fingerprint density at radius 1 is 1.57 bits per heavy atom. The molecule has 2 heterocycles. The molecule has 1 aromatic heterocycles. The van der Waals surface area contributed by atoms with Crippen molar-refractivity contribution >= 4 is 0 Å². The van der Waals surface area contributed by atoms with Crippen molar-refractivity contribution in [3.63, 3.8) is 0 Å². The van der Waals surface area contributed by atoms with Crippen molar-refractivity contribution in [3.05, 3.63) is 33.1 Å². The maximum atomic E-state index is 11.9. The van der Waals surface area contributed by atoms with Crippen LogP contribution >= 0.6 is 0 Å². The second-order valence-corrected chi connectivity index (χ2v) is 5.13. The quantitative estimate of drug-likeness (QED) is 0.637. The third kappa shape index (κ3) is 2.67. The van der Waals surface area contributed by atoms with Crippen molar-refractivity contribution in [2.45, 2.75) is 43.8 Å². The van der Waals surface area contributed by atoms with Crippen molar-refractivity contribution in [1.29, 1.82) is 0 Å². The largest absolute Gasteiger partial charge is 0.387 e. The van der Waals surface area contributed by atoms with Gasteiger partial charge in [0.15, 0.2) is 6.23 Å². The monoisotopic (exact) mass is 299 g/mol. The van der Waals surface area contributed by atoms with E-state index >= 15 is 0 Å². The van der Waals surface area contributed by atoms with Crippen LogP contribution in [0.15, 0.2) is 21.9 Å². The van der Waals surface area contributed by atoms with Gasteiger partial charge in [-0.15, -0.1) is 0 Å². The van der Waals surface area contributed by atoms with E-state index in [0.29, 0.717) is 19.4 Å². The minimum atomic E-state index is -0.917. The number of ether oxygens (including phenoxy) is 2. The maximum Gasteiger partial charge on any atom is 0.330 e. The molecule has 1 saturated heterocycles. The van der Waals surface area contributed by atoms with Crippen molar-refractivity contribution in [2.75, 3.05) is 13.7 Å². The number of aliphatic hydroxyl groups is 1. The summed E-state index contributed by atoms with van der Waals surface area (Å²) in [6.45, 7) is 2.22. The number of methoxy groups -OCH3 is 1. The normalized spacial score (nSPS) is 32.5. The molecule has 1 aliphatic heterocycles. The lowest BCUT2D eigenvalue weighted by atomic mass is 9.89. The van der Waals surface area contributed by atoms with Crippen LogP contribution in [0.1, 0.15) is 26.0 Å². The summed E-state index contributed by atoms with van der Waals surface area (Å²) in [6, 6.07) is 1.22. The van der Waals surface area contributed by atoms with Crippen LogP contribution in [0.25, 0.3) is 0 Å². The van der Waals surface area contributed by atoms with Crippen LogP contribution in [0, 0.1) is 0 Å². The Hall–Kier alpha value is -1.48. The summed E-state index contributed by atoms with van der Waals surface area (Å²) in [4.78, 5) is 25.2. The van der Waals surface area contributed by atoms with E-state index in [4.69, 9.17) is 15.2 Å². The number of aromatic amines is 1. The van der Waals surface area contributed by atoms with Crippen LogP contribution in [0.5, 0.6) is 0 Å². The SMILES string of the molecule is CC[C@@]1(CCN)O[C@@H](n2ccc(=O)[nH]c2=O)[C@@H](OC)C1O. The average molecular weight is 299 g/mol. The molecule has 0 radical (unpaired) electrons. The Morgan fingerprint density at radius 2 is 2.29 bits per heavy atom. The van der Waals surface area contributed by atoms with Gasteiger partial charge in [0, 0.05) is 19.4 Å². The molecule has 0 amide bonds. The van der Waals surface area contributed by atoms with Crippen LogP contribution in [0.2, 0.25) is 0 Å². The fourth-order valence-electron chi connectivity index (χ4n) is 2.84. The maximum absolute atomic E-state index is 11.9. The van der Waals surface area contributed by atoms with E-state index < -0.39 is 35.3 Å². The Balaban J connectivity index is 2.44. The van der Waals surface area contributed by atoms with Gasteiger partial charge in [0.05, 0.1) is 0 Å². The fourth-order valence-corrected chi connectivity index (χ4v) is 2.84. The summed E-state index contributed by atoms with van der Waals surface area (Å²) in [6.07, 6.45) is -0.154. The zero-order chi connectivity index (χ0) is 15.6. The zero-order valence-electron chi connectivity index (χ0n) is 12.1. The minimum Gasteiger partial charge on any atom is -0.387 e. The highest BCUT2D eigenvalue weighted by molar-refractivity contribution is 5.02. The highest BCUT2D eigenvalue weighted by atomic mass is 16.6. The van der Waals surface area contributed by atoms with Crippen LogP contribution in [-0.2, 0) is 9.47 Å². The van der Waals surface area contributed by atoms with Gasteiger partial charge < -0.3 is 20.3 Å². The lowest BCUT2D eigenvalue weighted by Crippen LogP contribution is -2.44. The zero-order valence-corrected chi connectivity index (χ0v) is 12.1. The number of nitrogens with one attached hydrogen (secondary N) is 1. The lowest BCUT2D eigenvalue weighted by Gasteiger charge is -2.30. The summed E-state index contributed by atoms with van der Waals surface area (Å²) >= 11 is 0. The summed E-state index contributed by atoms with van der Waals surface area (Å²) in [5.41, 5.74) is 3.64. The molecule has 118 valence electrons. The molecule has 1 aromatic rings. The molecular weight excluding hydrogens is 278 g/mol. The summed E-state index contributed by atoms with van der Waals surface area (Å²) in [7, 11) is 1.44. The molecule has 0 aromatic carbocycles. The van der Waals surface area contributed by atoms with E-state index in [9.17, 15) is 14.7 Å². The highest BCUT2D eigenvalue weighted by Crippen LogP contribution is 2.41. The van der Waals surface area contributed by atoms with Gasteiger partial charge in [-0.25, -0.2) is 4.79 Å².